The molecule has 0 aliphatic heterocycles. The summed E-state index contributed by atoms with van der Waals surface area (Å²) in [5.74, 6) is -1.46. The van der Waals surface area contributed by atoms with Crippen molar-refractivity contribution in [2.24, 2.45) is 0 Å². The summed E-state index contributed by atoms with van der Waals surface area (Å²) in [6, 6.07) is 4.23. The Balaban J connectivity index is 2.80. The molecule has 2 N–H and O–H groups in total. The van der Waals surface area contributed by atoms with Crippen molar-refractivity contribution in [1.29, 1.82) is 0 Å². The maximum absolute atomic E-state index is 11.8. The maximum Gasteiger partial charge on any atom is 0.305 e. The molecule has 4 nitrogen and oxygen atoms in total. The topological polar surface area (TPSA) is 66.4 Å². The Morgan fingerprint density at radius 2 is 1.88 bits per heavy atom. The van der Waals surface area contributed by atoms with Crippen molar-refractivity contribution < 1.29 is 14.7 Å². The van der Waals surface area contributed by atoms with Crippen molar-refractivity contribution in [3.05, 3.63) is 33.8 Å². The number of hydrogen-bond acceptors (Lipinski definition) is 2. The molecule has 0 aromatic heterocycles. The number of carbonyl (C=O) groups is 2. The number of halogens is 2. The van der Waals surface area contributed by atoms with Gasteiger partial charge in [0.25, 0.3) is 5.91 Å². The van der Waals surface area contributed by atoms with Crippen molar-refractivity contribution in [3.63, 3.8) is 0 Å². The second-order valence-corrected chi connectivity index (χ2v) is 4.38. The second-order valence-electron chi connectivity index (χ2n) is 3.57. The molecule has 0 fully saturated rings. The van der Waals surface area contributed by atoms with Gasteiger partial charge in [0.15, 0.2) is 0 Å². The van der Waals surface area contributed by atoms with Crippen LogP contribution in [0.3, 0.4) is 0 Å². The van der Waals surface area contributed by atoms with E-state index >= 15 is 0 Å². The zero-order valence-electron chi connectivity index (χ0n) is 9.04. The van der Waals surface area contributed by atoms with Gasteiger partial charge in [0.05, 0.1) is 22.0 Å². The van der Waals surface area contributed by atoms with Gasteiger partial charge in [0, 0.05) is 6.04 Å². The fourth-order valence-electron chi connectivity index (χ4n) is 1.32. The van der Waals surface area contributed by atoms with Gasteiger partial charge in [-0.25, -0.2) is 0 Å². The molecule has 6 heteroatoms. The van der Waals surface area contributed by atoms with Crippen molar-refractivity contribution in [3.8, 4) is 0 Å². The Morgan fingerprint density at radius 1 is 1.35 bits per heavy atom. The lowest BCUT2D eigenvalue weighted by atomic mass is 10.1. The molecular formula is C11H11Cl2NO3. The van der Waals surface area contributed by atoms with Crippen LogP contribution in [0.25, 0.3) is 0 Å². The summed E-state index contributed by atoms with van der Waals surface area (Å²) < 4.78 is 0. The van der Waals surface area contributed by atoms with E-state index in [1.807, 2.05) is 0 Å². The minimum absolute atomic E-state index is 0.159. The molecule has 1 unspecified atom stereocenters. The molecule has 92 valence electrons. The van der Waals surface area contributed by atoms with Crippen LogP contribution < -0.4 is 5.32 Å². The molecule has 0 radical (unpaired) electrons. The quantitative estimate of drug-likeness (QED) is 0.888. The highest BCUT2D eigenvalue weighted by Crippen LogP contribution is 2.24. The highest BCUT2D eigenvalue weighted by Gasteiger charge is 2.17. The van der Waals surface area contributed by atoms with Crippen LogP contribution in [-0.4, -0.2) is 23.0 Å². The largest absolute Gasteiger partial charge is 0.481 e. The molecule has 1 rings (SSSR count). The van der Waals surface area contributed by atoms with Gasteiger partial charge in [-0.3, -0.25) is 9.59 Å². The van der Waals surface area contributed by atoms with E-state index in [1.54, 1.807) is 25.1 Å². The van der Waals surface area contributed by atoms with Crippen molar-refractivity contribution >= 4 is 35.1 Å². The number of rotatable bonds is 4. The predicted molar refractivity (Wildman–Crippen MR) is 65.6 cm³/mol. The third-order valence-corrected chi connectivity index (χ3v) is 2.68. The summed E-state index contributed by atoms with van der Waals surface area (Å²) in [5, 5.41) is 11.6. The molecule has 0 saturated heterocycles. The Hall–Kier alpha value is -1.26. The standard InChI is InChI=1S/C11H11Cl2NO3/c1-6(5-9(15)16)14-11(17)10-7(12)3-2-4-8(10)13/h2-4,6H,5H2,1H3,(H,14,17)(H,15,16). The van der Waals surface area contributed by atoms with Crippen LogP contribution in [0.2, 0.25) is 10.0 Å². The third kappa shape index (κ3) is 3.91. The Labute approximate surface area is 109 Å². The molecule has 17 heavy (non-hydrogen) atoms. The number of carboxylic acids is 1. The number of carbonyl (C=O) groups excluding carboxylic acids is 1. The molecule has 0 spiro atoms. The highest BCUT2D eigenvalue weighted by molar-refractivity contribution is 6.39. The summed E-state index contributed by atoms with van der Waals surface area (Å²) in [7, 11) is 0. The first-order valence-electron chi connectivity index (χ1n) is 4.88. The molecule has 1 aromatic carbocycles. The zero-order valence-corrected chi connectivity index (χ0v) is 10.5. The van der Waals surface area contributed by atoms with Crippen LogP contribution in [0.5, 0.6) is 0 Å². The van der Waals surface area contributed by atoms with Gasteiger partial charge in [-0.2, -0.15) is 0 Å². The minimum atomic E-state index is -0.983. The number of nitrogens with one attached hydrogen (secondary N) is 1. The lowest BCUT2D eigenvalue weighted by molar-refractivity contribution is -0.137. The van der Waals surface area contributed by atoms with Crippen LogP contribution >= 0.6 is 23.2 Å². The first-order valence-corrected chi connectivity index (χ1v) is 5.64. The fourth-order valence-corrected chi connectivity index (χ4v) is 1.89. The Kier molecular flexibility index (Phi) is 4.78. The smallest absolute Gasteiger partial charge is 0.305 e. The van der Waals surface area contributed by atoms with E-state index in [0.717, 1.165) is 0 Å². The number of carboxylic acid groups (broad SMARTS) is 1. The van der Waals surface area contributed by atoms with Crippen molar-refractivity contribution in [1.82, 2.24) is 5.32 Å². The number of aliphatic carboxylic acids is 1. The van der Waals surface area contributed by atoms with Crippen LogP contribution in [-0.2, 0) is 4.79 Å². The molecule has 0 saturated carbocycles. The van der Waals surface area contributed by atoms with Crippen molar-refractivity contribution in [2.75, 3.05) is 0 Å². The van der Waals surface area contributed by atoms with Gasteiger partial charge in [-0.1, -0.05) is 29.3 Å². The molecule has 0 aliphatic rings. The summed E-state index contributed by atoms with van der Waals surface area (Å²) in [6.45, 7) is 1.59. The molecule has 1 atom stereocenters. The van der Waals surface area contributed by atoms with E-state index in [9.17, 15) is 9.59 Å². The number of amides is 1. The molecule has 0 aliphatic carbocycles. The van der Waals surface area contributed by atoms with Gasteiger partial charge < -0.3 is 10.4 Å². The normalized spacial score (nSPS) is 11.9. The first-order chi connectivity index (χ1) is 7.91. The van der Waals surface area contributed by atoms with Crippen LogP contribution in [0, 0.1) is 0 Å². The van der Waals surface area contributed by atoms with Gasteiger partial charge in [-0.15, -0.1) is 0 Å². The average Bonchev–Trinajstić information content (AvgIpc) is 2.15. The summed E-state index contributed by atoms with van der Waals surface area (Å²) >= 11 is 11.7. The van der Waals surface area contributed by atoms with Crippen molar-refractivity contribution in [2.45, 2.75) is 19.4 Å². The van der Waals surface area contributed by atoms with Crippen LogP contribution in [0.4, 0.5) is 0 Å². The summed E-state index contributed by atoms with van der Waals surface area (Å²) in [4.78, 5) is 22.3. The minimum Gasteiger partial charge on any atom is -0.481 e. The second kappa shape index (κ2) is 5.89. The summed E-state index contributed by atoms with van der Waals surface area (Å²) in [6.07, 6.45) is -0.159. The predicted octanol–water partition coefficient (Wildman–Crippen LogP) is 2.59. The lowest BCUT2D eigenvalue weighted by Gasteiger charge is -2.13. The van der Waals surface area contributed by atoms with E-state index < -0.39 is 17.9 Å². The zero-order chi connectivity index (χ0) is 13.0. The number of hydrogen-bond donors (Lipinski definition) is 2. The van der Waals surface area contributed by atoms with Gasteiger partial charge in [0.2, 0.25) is 0 Å². The van der Waals surface area contributed by atoms with E-state index in [-0.39, 0.29) is 22.0 Å². The van der Waals surface area contributed by atoms with E-state index in [0.29, 0.717) is 0 Å². The molecule has 0 heterocycles. The third-order valence-electron chi connectivity index (χ3n) is 2.05. The Bertz CT molecular complexity index is 428. The van der Waals surface area contributed by atoms with Gasteiger partial charge in [0.1, 0.15) is 0 Å². The molecule has 1 amide bonds. The fraction of sp³-hybridized carbons (Fsp3) is 0.273. The Morgan fingerprint density at radius 3 is 2.35 bits per heavy atom. The van der Waals surface area contributed by atoms with E-state index in [2.05, 4.69) is 5.32 Å². The molecule has 1 aromatic rings. The van der Waals surface area contributed by atoms with E-state index in [1.165, 1.54) is 0 Å². The van der Waals surface area contributed by atoms with E-state index in [4.69, 9.17) is 28.3 Å². The lowest BCUT2D eigenvalue weighted by Crippen LogP contribution is -2.34. The van der Waals surface area contributed by atoms with Gasteiger partial charge >= 0.3 is 5.97 Å². The molecule has 0 bridgehead atoms. The SMILES string of the molecule is CC(CC(=O)O)NC(=O)c1c(Cl)cccc1Cl. The van der Waals surface area contributed by atoms with Crippen LogP contribution in [0.15, 0.2) is 18.2 Å². The monoisotopic (exact) mass is 275 g/mol. The van der Waals surface area contributed by atoms with Crippen LogP contribution in [0.1, 0.15) is 23.7 Å². The average molecular weight is 276 g/mol. The first kappa shape index (κ1) is 13.8. The molecular weight excluding hydrogens is 265 g/mol. The highest BCUT2D eigenvalue weighted by atomic mass is 35.5. The maximum atomic E-state index is 11.8. The summed E-state index contributed by atoms with van der Waals surface area (Å²) in [5.41, 5.74) is 0.160. The van der Waals surface area contributed by atoms with Gasteiger partial charge in [-0.05, 0) is 19.1 Å². The number of benzene rings is 1.